The number of nitrogens with two attached hydrogens (primary N) is 1. The van der Waals surface area contributed by atoms with Crippen LogP contribution in [0.3, 0.4) is 0 Å². The van der Waals surface area contributed by atoms with Gasteiger partial charge in [0.25, 0.3) is 70.8 Å². The lowest BCUT2D eigenvalue weighted by molar-refractivity contribution is 0.471. The number of phenolic OH excluding ortho intramolecular Hbond substituents is 3. The van der Waals surface area contributed by atoms with Crippen LogP contribution < -0.4 is 5.73 Å². The van der Waals surface area contributed by atoms with E-state index in [0.717, 1.165) is 60.7 Å². The summed E-state index contributed by atoms with van der Waals surface area (Å²) in [5.74, 6) is -3.41. The van der Waals surface area contributed by atoms with Gasteiger partial charge in [0.15, 0.2) is 17.2 Å². The zero-order chi connectivity index (χ0) is 61.5. The summed E-state index contributed by atoms with van der Waals surface area (Å²) in [4.78, 5) is -7.73. The maximum atomic E-state index is 12.8. The Kier molecular flexibility index (Phi) is 15.6. The molecular weight excluding hydrogens is 1270 g/mol. The van der Waals surface area contributed by atoms with Gasteiger partial charge in [0.1, 0.15) is 57.8 Å². The number of azo groups is 4. The van der Waals surface area contributed by atoms with Crippen molar-refractivity contribution in [2.45, 2.75) is 34.3 Å². The molecule has 83 heavy (non-hydrogen) atoms. The fourth-order valence-electron chi connectivity index (χ4n) is 7.62. The van der Waals surface area contributed by atoms with Crippen molar-refractivity contribution in [2.75, 3.05) is 5.73 Å². The van der Waals surface area contributed by atoms with E-state index in [1.54, 1.807) is 0 Å². The summed E-state index contributed by atoms with van der Waals surface area (Å²) >= 11 is 5.81. The number of rotatable bonds is 15. The molecule has 0 aliphatic rings. The number of anilines is 1. The molecule has 434 valence electrons. The van der Waals surface area contributed by atoms with Gasteiger partial charge in [-0.3, -0.25) is 31.9 Å². The fraction of sp³-hybridized carbons (Fsp3) is 0. The lowest BCUT2D eigenvalue weighted by Gasteiger charge is -2.14. The third kappa shape index (κ3) is 12.6. The van der Waals surface area contributed by atoms with E-state index < -0.39 is 183 Å². The summed E-state index contributed by atoms with van der Waals surface area (Å²) < 4.78 is 242. The molecule has 8 aromatic carbocycles. The van der Waals surface area contributed by atoms with Gasteiger partial charge in [0.05, 0.1) is 38.1 Å². The minimum atomic E-state index is -5.49. The topological polar surface area (TPSA) is 566 Å². The van der Waals surface area contributed by atoms with Crippen molar-refractivity contribution in [3.8, 4) is 17.2 Å². The van der Waals surface area contributed by atoms with Gasteiger partial charge in [-0.2, -0.15) is 74.3 Å². The predicted octanol–water partition coefficient (Wildman–Crippen LogP) is 8.89. The van der Waals surface area contributed by atoms with Gasteiger partial charge in [0, 0.05) is 10.8 Å². The Hall–Kier alpha value is -8.20. The fourth-order valence-corrected chi connectivity index (χ4v) is 12.4. The summed E-state index contributed by atoms with van der Waals surface area (Å²) in [5.41, 5.74) is -0.905. The summed E-state index contributed by atoms with van der Waals surface area (Å²) in [6, 6.07) is 12.8. The van der Waals surface area contributed by atoms with Crippen LogP contribution in [-0.2, 0) is 70.8 Å². The Balaban J connectivity index is 1.23. The van der Waals surface area contributed by atoms with Crippen molar-refractivity contribution in [2.24, 2.45) is 40.9 Å². The van der Waals surface area contributed by atoms with Crippen LogP contribution in [0.5, 0.6) is 17.2 Å². The van der Waals surface area contributed by atoms with Gasteiger partial charge < -0.3 is 21.1 Å². The zero-order valence-corrected chi connectivity index (χ0v) is 46.3. The Bertz CT molecular complexity index is 5190. The molecule has 0 amide bonds. The molecule has 0 unspecified atom stereocenters. The van der Waals surface area contributed by atoms with E-state index in [9.17, 15) is 106 Å². The first-order chi connectivity index (χ1) is 38.1. The highest BCUT2D eigenvalue weighted by Gasteiger charge is 2.30. The number of fused-ring (bicyclic) bond motifs is 3. The van der Waals surface area contributed by atoms with E-state index in [2.05, 4.69) is 40.9 Å². The number of phenols is 3. The van der Waals surface area contributed by atoms with E-state index in [-0.39, 0.29) is 27.5 Å². The smallest absolute Gasteiger partial charge is 0.296 e. The molecule has 0 fully saturated rings. The third-order valence-corrected chi connectivity index (χ3v) is 17.8. The first-order valence-corrected chi connectivity index (χ1v) is 31.7. The highest BCUT2D eigenvalue weighted by Crippen LogP contribution is 2.50. The minimum absolute atomic E-state index is 0.224. The quantitative estimate of drug-likeness (QED) is 0.0259. The molecule has 0 spiro atoms. The Morgan fingerprint density at radius 2 is 0.747 bits per heavy atom. The van der Waals surface area contributed by atoms with Gasteiger partial charge >= 0.3 is 0 Å². The van der Waals surface area contributed by atoms with Crippen LogP contribution in [0, 0.1) is 0 Å². The molecule has 0 atom stereocenters. The van der Waals surface area contributed by atoms with Gasteiger partial charge in [-0.25, -0.2) is 0 Å². The first-order valence-electron chi connectivity index (χ1n) is 21.3. The summed E-state index contributed by atoms with van der Waals surface area (Å²) in [7, 11) is -36.8. The number of halogens is 1. The second-order valence-electron chi connectivity index (χ2n) is 16.6. The van der Waals surface area contributed by atoms with Gasteiger partial charge in [-0.15, -0.1) is 25.6 Å². The van der Waals surface area contributed by atoms with Gasteiger partial charge in [-0.1, -0.05) is 17.7 Å². The average Bonchev–Trinajstić information content (AvgIpc) is 3.41. The molecule has 0 saturated carbocycles. The van der Waals surface area contributed by atoms with Crippen LogP contribution >= 0.6 is 11.6 Å². The molecule has 0 aliphatic heterocycles. The third-order valence-electron chi connectivity index (χ3n) is 11.2. The molecule has 8 rings (SSSR count). The number of hydrogen-bond donors (Lipinski definition) is 11. The molecule has 33 nitrogen and oxygen atoms in total. The first kappa shape index (κ1) is 60.9. The van der Waals surface area contributed by atoms with Crippen molar-refractivity contribution >= 4 is 166 Å². The minimum Gasteiger partial charge on any atom is -0.505 e. The zero-order valence-electron chi connectivity index (χ0n) is 39.8. The average molecular weight is 1300 g/mol. The largest absolute Gasteiger partial charge is 0.505 e. The molecule has 0 heterocycles. The van der Waals surface area contributed by atoms with E-state index in [0.29, 0.717) is 36.4 Å². The molecular formula is C42H28ClN9O24S7. The molecule has 0 bridgehead atoms. The van der Waals surface area contributed by atoms with Gasteiger partial charge in [-0.05, 0) is 107 Å². The molecule has 0 aliphatic carbocycles. The van der Waals surface area contributed by atoms with Crippen molar-refractivity contribution < 1.29 is 106 Å². The normalized spacial score (nSPS) is 13.5. The van der Waals surface area contributed by atoms with Crippen LogP contribution in [0.15, 0.2) is 172 Å². The molecule has 0 radical (unpaired) electrons. The van der Waals surface area contributed by atoms with E-state index in [4.69, 9.17) is 17.3 Å². The lowest BCUT2D eigenvalue weighted by Crippen LogP contribution is -2.03. The SMILES string of the molecule is Nc1c(N=Nc2ccc3cc(S(=O)(=O)O)c(N=Nc4cc(S(=O)(=O)O)ccc4S(=O)(=O)O)c(O)c3c2)c(S(=O)(=O)O)cc2cc(S(=O)(=O)O)c(N=Nc3ccc4c(O)c(N=Nc5ccc(Cl)c(S(=O)(=O)O)c5)c(S(=O)(=O)O)cc4c3)c(O)c12. The van der Waals surface area contributed by atoms with E-state index in [1.807, 2.05) is 0 Å². The molecule has 0 saturated heterocycles. The number of aromatic hydroxyl groups is 3. The molecule has 41 heteroatoms. The van der Waals surface area contributed by atoms with Gasteiger partial charge in [0.2, 0.25) is 0 Å². The Morgan fingerprint density at radius 1 is 0.337 bits per heavy atom. The second-order valence-corrected chi connectivity index (χ2v) is 26.8. The number of benzene rings is 8. The second kappa shape index (κ2) is 21.2. The predicted molar refractivity (Wildman–Crippen MR) is 285 cm³/mol. The summed E-state index contributed by atoms with van der Waals surface area (Å²) in [6.07, 6.45) is 0. The summed E-state index contributed by atoms with van der Waals surface area (Å²) in [5, 5.41) is 60.6. The molecule has 12 N–H and O–H groups in total. The lowest BCUT2D eigenvalue weighted by atomic mass is 10.0. The summed E-state index contributed by atoms with van der Waals surface area (Å²) in [6.45, 7) is 0. The molecule has 0 aromatic heterocycles. The van der Waals surface area contributed by atoms with E-state index >= 15 is 0 Å². The van der Waals surface area contributed by atoms with Crippen LogP contribution in [0.1, 0.15) is 0 Å². The van der Waals surface area contributed by atoms with Crippen molar-refractivity contribution in [1.29, 1.82) is 0 Å². The monoisotopic (exact) mass is 1300 g/mol. The van der Waals surface area contributed by atoms with Crippen molar-refractivity contribution in [1.82, 2.24) is 0 Å². The van der Waals surface area contributed by atoms with E-state index in [1.165, 1.54) is 0 Å². The van der Waals surface area contributed by atoms with Crippen molar-refractivity contribution in [3.63, 3.8) is 0 Å². The molecule has 8 aromatic rings. The Morgan fingerprint density at radius 3 is 1.27 bits per heavy atom. The maximum Gasteiger partial charge on any atom is 0.296 e. The van der Waals surface area contributed by atoms with Crippen molar-refractivity contribution in [3.05, 3.63) is 102 Å². The maximum absolute atomic E-state index is 12.8. The van der Waals surface area contributed by atoms with Crippen LogP contribution in [0.4, 0.5) is 51.2 Å². The highest BCUT2D eigenvalue weighted by molar-refractivity contribution is 7.87. The Labute approximate surface area is 469 Å². The van der Waals surface area contributed by atoms with Crippen LogP contribution in [0.25, 0.3) is 32.3 Å². The number of nitrogen functional groups attached to an aromatic ring is 1. The number of nitrogens with zero attached hydrogens (tertiary/aromatic N) is 8. The van der Waals surface area contributed by atoms with Crippen LogP contribution in [-0.4, -0.2) is 106 Å². The van der Waals surface area contributed by atoms with Crippen LogP contribution in [0.2, 0.25) is 5.02 Å². The standard InChI is InChI=1S/C42H28ClN9O24S7/c43-26-7-4-22(15-29(26)79(62,63)64)47-50-37-32(82(71,72)73)11-18-9-20(3-6-24(18)40(37)53)45-51-39-33(83(74,75)76)13-19-12-30(80(65,66)67)36(35(44)34(19)42(39)55)49-46-21-2-1-17-10-31(81(68,69)70)38(41(54)25(17)14-21)52-48-27-16-23(77(56,57)58)5-8-28(27)78(59,60)61/h1-16,53-55H,44H2,(H,56,57,58)(H,59,60,61)(H,62,63,64)(H,65,66,67)(H,68,69,70)(H,71,72,73)(H,74,75,76). The highest BCUT2D eigenvalue weighted by atomic mass is 35.5. The number of hydrogen-bond acceptors (Lipinski definition) is 26.